The Labute approximate surface area is 130 Å². The summed E-state index contributed by atoms with van der Waals surface area (Å²) in [6, 6.07) is -0.776. The van der Waals surface area contributed by atoms with Crippen LogP contribution in [0.4, 0.5) is 18.0 Å². The lowest BCUT2D eigenvalue weighted by atomic mass is 10.0. The number of alkyl halides is 3. The van der Waals surface area contributed by atoms with Crippen molar-refractivity contribution in [3.63, 3.8) is 0 Å². The van der Waals surface area contributed by atoms with Crippen LogP contribution in [0.3, 0.4) is 0 Å². The second-order valence-electron chi connectivity index (χ2n) is 6.95. The first-order chi connectivity index (χ1) is 9.98. The van der Waals surface area contributed by atoms with Gasteiger partial charge in [0.2, 0.25) is 0 Å². The summed E-state index contributed by atoms with van der Waals surface area (Å²) in [6.45, 7) is 7.86. The molecular weight excluding hydrogens is 297 g/mol. The number of carbonyl (C=O) groups is 1. The van der Waals surface area contributed by atoms with E-state index in [1.54, 1.807) is 25.7 Å². The lowest BCUT2D eigenvalue weighted by Gasteiger charge is -2.37. The zero-order valence-corrected chi connectivity index (χ0v) is 13.8. The summed E-state index contributed by atoms with van der Waals surface area (Å²) < 4.78 is 42.4. The van der Waals surface area contributed by atoms with E-state index in [0.717, 1.165) is 19.3 Å². The number of nitrogens with zero attached hydrogens (tertiary/aromatic N) is 1. The minimum atomic E-state index is -4.18. The Morgan fingerprint density at radius 1 is 1.32 bits per heavy atom. The molecule has 1 fully saturated rings. The molecule has 130 valence electrons. The van der Waals surface area contributed by atoms with Gasteiger partial charge in [-0.05, 0) is 47.0 Å². The van der Waals surface area contributed by atoms with Crippen molar-refractivity contribution >= 4 is 6.09 Å². The first kappa shape index (κ1) is 19.1. The van der Waals surface area contributed by atoms with Crippen LogP contribution in [-0.2, 0) is 4.74 Å². The van der Waals surface area contributed by atoms with E-state index in [1.165, 1.54) is 6.92 Å². The topological polar surface area (TPSA) is 41.6 Å². The van der Waals surface area contributed by atoms with Crippen LogP contribution in [0, 0.1) is 0 Å². The number of carbonyl (C=O) groups excluding carboxylic acids is 1. The van der Waals surface area contributed by atoms with Crippen molar-refractivity contribution in [1.82, 2.24) is 10.2 Å². The molecule has 0 bridgehead atoms. The summed E-state index contributed by atoms with van der Waals surface area (Å²) in [4.78, 5) is 13.8. The van der Waals surface area contributed by atoms with E-state index in [9.17, 15) is 18.0 Å². The Morgan fingerprint density at radius 3 is 2.50 bits per heavy atom. The Hall–Kier alpha value is -0.980. The first-order valence-corrected chi connectivity index (χ1v) is 7.78. The van der Waals surface area contributed by atoms with Crippen LogP contribution in [0.5, 0.6) is 0 Å². The molecule has 1 rings (SSSR count). The number of likely N-dealkylation sites (tertiary alicyclic amines) is 1. The highest BCUT2D eigenvalue weighted by molar-refractivity contribution is 5.68. The number of ether oxygens (including phenoxy) is 1. The summed E-state index contributed by atoms with van der Waals surface area (Å²) in [5, 5.41) is 2.89. The number of hydrogen-bond donors (Lipinski definition) is 1. The fourth-order valence-electron chi connectivity index (χ4n) is 2.53. The maximum Gasteiger partial charge on any atom is 0.410 e. The lowest BCUT2D eigenvalue weighted by Crippen LogP contribution is -2.51. The standard InChI is InChI=1S/C15H27F3N2O2/c1-11(9-15(16,17)18)19-10-12-7-5-6-8-20(12)13(21)22-14(2,3)4/h11-12,19H,5-10H2,1-4H3. The van der Waals surface area contributed by atoms with Crippen molar-refractivity contribution in [2.24, 2.45) is 0 Å². The van der Waals surface area contributed by atoms with Gasteiger partial charge in [0, 0.05) is 25.2 Å². The largest absolute Gasteiger partial charge is 0.444 e. The molecule has 0 spiro atoms. The third-order valence-electron chi connectivity index (χ3n) is 3.49. The van der Waals surface area contributed by atoms with Gasteiger partial charge in [-0.25, -0.2) is 4.79 Å². The molecule has 2 unspecified atom stereocenters. The van der Waals surface area contributed by atoms with Crippen LogP contribution < -0.4 is 5.32 Å². The third kappa shape index (κ3) is 7.33. The SMILES string of the molecule is CC(CC(F)(F)F)NCC1CCCCN1C(=O)OC(C)(C)C. The van der Waals surface area contributed by atoms with Gasteiger partial charge in [0.05, 0.1) is 6.42 Å². The highest BCUT2D eigenvalue weighted by Crippen LogP contribution is 2.23. The smallest absolute Gasteiger partial charge is 0.410 e. The number of rotatable bonds is 4. The Morgan fingerprint density at radius 2 is 1.95 bits per heavy atom. The Balaban J connectivity index is 2.53. The van der Waals surface area contributed by atoms with E-state index in [1.807, 2.05) is 0 Å². The molecule has 0 aromatic rings. The highest BCUT2D eigenvalue weighted by atomic mass is 19.4. The number of amides is 1. The molecule has 4 nitrogen and oxygen atoms in total. The van der Waals surface area contributed by atoms with E-state index in [0.29, 0.717) is 13.1 Å². The van der Waals surface area contributed by atoms with Crippen LogP contribution in [0.2, 0.25) is 0 Å². The van der Waals surface area contributed by atoms with E-state index in [4.69, 9.17) is 4.74 Å². The van der Waals surface area contributed by atoms with Gasteiger partial charge in [0.1, 0.15) is 5.60 Å². The van der Waals surface area contributed by atoms with Crippen molar-refractivity contribution in [3.05, 3.63) is 0 Å². The van der Waals surface area contributed by atoms with Crippen molar-refractivity contribution in [3.8, 4) is 0 Å². The summed E-state index contributed by atoms with van der Waals surface area (Å²) in [5.41, 5.74) is -0.573. The van der Waals surface area contributed by atoms with Gasteiger partial charge >= 0.3 is 12.3 Å². The monoisotopic (exact) mass is 324 g/mol. The number of nitrogens with one attached hydrogen (secondary N) is 1. The van der Waals surface area contributed by atoms with Crippen molar-refractivity contribution in [1.29, 1.82) is 0 Å². The average Bonchev–Trinajstić information content (AvgIpc) is 2.32. The summed E-state index contributed by atoms with van der Waals surface area (Å²) in [7, 11) is 0. The van der Waals surface area contributed by atoms with Crippen molar-refractivity contribution < 1.29 is 22.7 Å². The molecule has 0 aromatic heterocycles. The van der Waals surface area contributed by atoms with E-state index in [-0.39, 0.29) is 12.1 Å². The summed E-state index contributed by atoms with van der Waals surface area (Å²) in [5.74, 6) is 0. The maximum atomic E-state index is 12.3. The molecule has 7 heteroatoms. The van der Waals surface area contributed by atoms with Gasteiger partial charge in [-0.1, -0.05) is 0 Å². The molecule has 22 heavy (non-hydrogen) atoms. The number of piperidine rings is 1. The van der Waals surface area contributed by atoms with Crippen LogP contribution >= 0.6 is 0 Å². The molecule has 0 saturated carbocycles. The van der Waals surface area contributed by atoms with E-state index >= 15 is 0 Å². The minimum Gasteiger partial charge on any atom is -0.444 e. The van der Waals surface area contributed by atoms with Crippen LogP contribution in [0.15, 0.2) is 0 Å². The molecule has 1 aliphatic rings. The zero-order chi connectivity index (χ0) is 17.0. The van der Waals surface area contributed by atoms with Gasteiger partial charge in [0.15, 0.2) is 0 Å². The molecule has 0 aliphatic carbocycles. The summed E-state index contributed by atoms with van der Waals surface area (Å²) in [6.07, 6.45) is -2.78. The molecule has 0 radical (unpaired) electrons. The molecule has 1 aliphatic heterocycles. The quantitative estimate of drug-likeness (QED) is 0.857. The highest BCUT2D eigenvalue weighted by Gasteiger charge is 2.32. The van der Waals surface area contributed by atoms with Gasteiger partial charge in [-0.3, -0.25) is 0 Å². The predicted molar refractivity (Wildman–Crippen MR) is 78.7 cm³/mol. The molecule has 1 amide bonds. The second-order valence-corrected chi connectivity index (χ2v) is 6.95. The predicted octanol–water partition coefficient (Wildman–Crippen LogP) is 3.71. The average molecular weight is 324 g/mol. The first-order valence-electron chi connectivity index (χ1n) is 7.78. The Bertz CT molecular complexity index is 367. The third-order valence-corrected chi connectivity index (χ3v) is 3.49. The second kappa shape index (κ2) is 7.53. The van der Waals surface area contributed by atoms with Crippen molar-refractivity contribution in [2.45, 2.75) is 77.2 Å². The van der Waals surface area contributed by atoms with Crippen LogP contribution in [0.1, 0.15) is 53.4 Å². The van der Waals surface area contributed by atoms with Crippen LogP contribution in [0.25, 0.3) is 0 Å². The molecule has 1 N–H and O–H groups in total. The van der Waals surface area contributed by atoms with Crippen LogP contribution in [-0.4, -0.2) is 47.9 Å². The van der Waals surface area contributed by atoms with Gasteiger partial charge in [0.25, 0.3) is 0 Å². The normalized spacial score (nSPS) is 21.6. The Kier molecular flexibility index (Phi) is 6.52. The molecular formula is C15H27F3N2O2. The minimum absolute atomic E-state index is 0.112. The number of hydrogen-bond acceptors (Lipinski definition) is 3. The van der Waals surface area contributed by atoms with Gasteiger partial charge < -0.3 is 15.0 Å². The molecule has 1 saturated heterocycles. The summed E-state index contributed by atoms with van der Waals surface area (Å²) >= 11 is 0. The van der Waals surface area contributed by atoms with Crippen molar-refractivity contribution in [2.75, 3.05) is 13.1 Å². The van der Waals surface area contributed by atoms with E-state index in [2.05, 4.69) is 5.32 Å². The lowest BCUT2D eigenvalue weighted by molar-refractivity contribution is -0.139. The van der Waals surface area contributed by atoms with E-state index < -0.39 is 24.2 Å². The molecule has 0 aromatic carbocycles. The number of halogens is 3. The fraction of sp³-hybridized carbons (Fsp3) is 0.933. The molecule has 2 atom stereocenters. The van der Waals surface area contributed by atoms with Gasteiger partial charge in [-0.15, -0.1) is 0 Å². The fourth-order valence-corrected chi connectivity index (χ4v) is 2.53. The zero-order valence-electron chi connectivity index (χ0n) is 13.8. The van der Waals surface area contributed by atoms with Gasteiger partial charge in [-0.2, -0.15) is 13.2 Å². The maximum absolute atomic E-state index is 12.3. The molecule has 1 heterocycles.